The quantitative estimate of drug-likeness (QED) is 0.499. The second-order valence-electron chi connectivity index (χ2n) is 5.49. The van der Waals surface area contributed by atoms with E-state index in [1.165, 1.54) is 6.21 Å². The van der Waals surface area contributed by atoms with Gasteiger partial charge in [-0.3, -0.25) is 4.79 Å². The topological polar surface area (TPSA) is 59.9 Å². The van der Waals surface area contributed by atoms with Crippen LogP contribution in [0.1, 0.15) is 15.9 Å². The van der Waals surface area contributed by atoms with Crippen molar-refractivity contribution in [2.45, 2.75) is 0 Å². The molecule has 0 saturated heterocycles. The first-order valence-corrected chi connectivity index (χ1v) is 8.65. The number of rotatable bonds is 5. The Bertz CT molecular complexity index is 986. The zero-order valence-corrected chi connectivity index (χ0v) is 15.9. The van der Waals surface area contributed by atoms with Crippen LogP contribution in [0.3, 0.4) is 0 Å². The van der Waals surface area contributed by atoms with E-state index in [1.54, 1.807) is 26.4 Å². The van der Waals surface area contributed by atoms with Gasteiger partial charge in [0.1, 0.15) is 11.5 Å². The van der Waals surface area contributed by atoms with Crippen molar-refractivity contribution in [2.24, 2.45) is 5.10 Å². The molecule has 1 N–H and O–H groups in total. The maximum Gasteiger partial charge on any atom is 0.271 e. The molecule has 3 aromatic carbocycles. The number of carbonyl (C=O) groups excluding carboxylic acids is 1. The Balaban J connectivity index is 1.77. The molecule has 0 fully saturated rings. The summed E-state index contributed by atoms with van der Waals surface area (Å²) in [4.78, 5) is 12.3. The van der Waals surface area contributed by atoms with E-state index in [1.807, 2.05) is 42.5 Å². The summed E-state index contributed by atoms with van der Waals surface area (Å²) in [6.07, 6.45) is 1.53. The second kappa shape index (κ2) is 8.01. The molecule has 6 heteroatoms. The van der Waals surface area contributed by atoms with E-state index >= 15 is 0 Å². The van der Waals surface area contributed by atoms with Crippen LogP contribution in [0.15, 0.2) is 64.2 Å². The summed E-state index contributed by atoms with van der Waals surface area (Å²) < 4.78 is 11.3. The molecule has 3 rings (SSSR count). The summed E-state index contributed by atoms with van der Waals surface area (Å²) in [6, 6.07) is 17.0. The molecule has 0 saturated carbocycles. The first-order valence-electron chi connectivity index (χ1n) is 7.86. The van der Waals surface area contributed by atoms with E-state index < -0.39 is 0 Å². The Hall–Kier alpha value is -2.86. The summed E-state index contributed by atoms with van der Waals surface area (Å²) >= 11 is 3.42. The molecule has 0 unspecified atom stereocenters. The van der Waals surface area contributed by atoms with Crippen LogP contribution < -0.4 is 14.9 Å². The van der Waals surface area contributed by atoms with E-state index in [9.17, 15) is 4.79 Å². The molecule has 0 radical (unpaired) electrons. The summed E-state index contributed by atoms with van der Waals surface area (Å²) in [6.45, 7) is 0. The average molecular weight is 413 g/mol. The van der Waals surface area contributed by atoms with Crippen molar-refractivity contribution in [3.63, 3.8) is 0 Å². The van der Waals surface area contributed by atoms with Gasteiger partial charge in [0.2, 0.25) is 0 Å². The number of ether oxygens (including phenoxy) is 2. The number of nitrogens with zero attached hydrogens (tertiary/aromatic N) is 1. The zero-order chi connectivity index (χ0) is 18.5. The van der Waals surface area contributed by atoms with E-state index in [0.717, 1.165) is 15.2 Å². The Kier molecular flexibility index (Phi) is 5.53. The van der Waals surface area contributed by atoms with Crippen LogP contribution in [-0.2, 0) is 0 Å². The third-order valence-electron chi connectivity index (χ3n) is 3.89. The van der Waals surface area contributed by atoms with Crippen LogP contribution in [0, 0.1) is 0 Å². The van der Waals surface area contributed by atoms with E-state index in [2.05, 4.69) is 26.5 Å². The van der Waals surface area contributed by atoms with Crippen molar-refractivity contribution in [2.75, 3.05) is 14.2 Å². The van der Waals surface area contributed by atoms with Crippen molar-refractivity contribution in [3.8, 4) is 11.5 Å². The molecule has 132 valence electrons. The van der Waals surface area contributed by atoms with Crippen LogP contribution >= 0.6 is 15.9 Å². The minimum absolute atomic E-state index is 0.279. The van der Waals surface area contributed by atoms with Crippen molar-refractivity contribution in [3.05, 3.63) is 70.2 Å². The fourth-order valence-corrected chi connectivity index (χ4v) is 3.06. The highest BCUT2D eigenvalue weighted by atomic mass is 79.9. The smallest absolute Gasteiger partial charge is 0.271 e. The van der Waals surface area contributed by atoms with Crippen LogP contribution in [0.2, 0.25) is 0 Å². The van der Waals surface area contributed by atoms with Gasteiger partial charge in [-0.15, -0.1) is 0 Å². The fourth-order valence-electron chi connectivity index (χ4n) is 2.54. The van der Waals surface area contributed by atoms with E-state index in [0.29, 0.717) is 22.6 Å². The van der Waals surface area contributed by atoms with Crippen molar-refractivity contribution < 1.29 is 14.3 Å². The molecule has 0 aliphatic rings. The number of hydrazone groups is 1. The normalized spacial score (nSPS) is 10.9. The standard InChI is InChI=1S/C20H17BrN2O3/c1-25-18-11-19(26-2)17(21)10-16(18)12-22-23-20(24)15-8-7-13-5-3-4-6-14(13)9-15/h3-12H,1-2H3,(H,23,24)/b22-12-. The molecule has 5 nitrogen and oxygen atoms in total. The first kappa shape index (κ1) is 17.9. The number of nitrogens with one attached hydrogen (secondary N) is 1. The van der Waals surface area contributed by atoms with Gasteiger partial charge >= 0.3 is 0 Å². The van der Waals surface area contributed by atoms with Gasteiger partial charge < -0.3 is 9.47 Å². The molecule has 0 aliphatic heterocycles. The lowest BCUT2D eigenvalue weighted by Gasteiger charge is -2.09. The monoisotopic (exact) mass is 412 g/mol. The number of amides is 1. The molecule has 0 heterocycles. The Labute approximate surface area is 159 Å². The number of benzene rings is 3. The molecular weight excluding hydrogens is 396 g/mol. The molecule has 1 amide bonds. The molecule has 26 heavy (non-hydrogen) atoms. The SMILES string of the molecule is COc1cc(OC)c(/C=N\NC(=O)c2ccc3ccccc3c2)cc1Br. The molecular formula is C20H17BrN2O3. The summed E-state index contributed by atoms with van der Waals surface area (Å²) in [7, 11) is 3.14. The van der Waals surface area contributed by atoms with Gasteiger partial charge in [-0.1, -0.05) is 30.3 Å². The fraction of sp³-hybridized carbons (Fsp3) is 0.100. The number of hydrogen-bond acceptors (Lipinski definition) is 4. The first-order chi connectivity index (χ1) is 12.6. The lowest BCUT2D eigenvalue weighted by Crippen LogP contribution is -2.17. The molecule has 0 atom stereocenters. The van der Waals surface area contributed by atoms with Crippen molar-refractivity contribution >= 4 is 38.8 Å². The van der Waals surface area contributed by atoms with Gasteiger partial charge in [-0.2, -0.15) is 5.10 Å². The highest BCUT2D eigenvalue weighted by Gasteiger charge is 2.09. The number of hydrogen-bond donors (Lipinski definition) is 1. The lowest BCUT2D eigenvalue weighted by atomic mass is 10.1. The van der Waals surface area contributed by atoms with Crippen molar-refractivity contribution in [1.29, 1.82) is 0 Å². The predicted molar refractivity (Wildman–Crippen MR) is 106 cm³/mol. The second-order valence-corrected chi connectivity index (χ2v) is 6.34. The number of fused-ring (bicyclic) bond motifs is 1. The van der Waals surface area contributed by atoms with Gasteiger partial charge in [-0.25, -0.2) is 5.43 Å². The van der Waals surface area contributed by atoms with Crippen LogP contribution in [0.4, 0.5) is 0 Å². The van der Waals surface area contributed by atoms with Gasteiger partial charge in [0.25, 0.3) is 5.91 Å². The highest BCUT2D eigenvalue weighted by molar-refractivity contribution is 9.10. The van der Waals surface area contributed by atoms with Gasteiger partial charge in [0.15, 0.2) is 0 Å². The maximum absolute atomic E-state index is 12.3. The Morgan fingerprint density at radius 2 is 1.73 bits per heavy atom. The largest absolute Gasteiger partial charge is 0.496 e. The minimum atomic E-state index is -0.279. The molecule has 0 aliphatic carbocycles. The highest BCUT2D eigenvalue weighted by Crippen LogP contribution is 2.31. The predicted octanol–water partition coefficient (Wildman–Crippen LogP) is 4.38. The number of methoxy groups -OCH3 is 2. The number of carbonyl (C=O) groups is 1. The van der Waals surface area contributed by atoms with Crippen molar-refractivity contribution in [1.82, 2.24) is 5.43 Å². The Morgan fingerprint density at radius 3 is 2.46 bits per heavy atom. The van der Waals surface area contributed by atoms with Gasteiger partial charge in [-0.05, 0) is 44.9 Å². The maximum atomic E-state index is 12.3. The minimum Gasteiger partial charge on any atom is -0.496 e. The van der Waals surface area contributed by atoms with Crippen LogP contribution in [0.5, 0.6) is 11.5 Å². The summed E-state index contributed by atoms with van der Waals surface area (Å²) in [5.74, 6) is 0.964. The van der Waals surface area contributed by atoms with Crippen LogP contribution in [0.25, 0.3) is 10.8 Å². The number of halogens is 1. The summed E-state index contributed by atoms with van der Waals surface area (Å²) in [5, 5.41) is 6.13. The average Bonchev–Trinajstić information content (AvgIpc) is 2.67. The lowest BCUT2D eigenvalue weighted by molar-refractivity contribution is 0.0955. The van der Waals surface area contributed by atoms with Crippen LogP contribution in [-0.4, -0.2) is 26.3 Å². The molecule has 3 aromatic rings. The zero-order valence-electron chi connectivity index (χ0n) is 14.3. The molecule has 0 spiro atoms. The third kappa shape index (κ3) is 3.86. The van der Waals surface area contributed by atoms with E-state index in [4.69, 9.17) is 9.47 Å². The van der Waals surface area contributed by atoms with E-state index in [-0.39, 0.29) is 5.91 Å². The third-order valence-corrected chi connectivity index (χ3v) is 4.51. The van der Waals surface area contributed by atoms with Gasteiger partial charge in [0, 0.05) is 17.2 Å². The summed E-state index contributed by atoms with van der Waals surface area (Å²) in [5.41, 5.74) is 3.79. The Morgan fingerprint density at radius 1 is 1.00 bits per heavy atom. The van der Waals surface area contributed by atoms with Gasteiger partial charge in [0.05, 0.1) is 24.9 Å². The molecule has 0 aromatic heterocycles. The molecule has 0 bridgehead atoms.